The van der Waals surface area contributed by atoms with Crippen molar-refractivity contribution in [1.82, 2.24) is 10.2 Å². The quantitative estimate of drug-likeness (QED) is 0.685. The molecule has 2 aliphatic heterocycles. The van der Waals surface area contributed by atoms with E-state index < -0.39 is 16.4 Å². The van der Waals surface area contributed by atoms with E-state index in [1.807, 2.05) is 0 Å². The number of likely N-dealkylation sites (tertiary alicyclic amines) is 1. The Balaban J connectivity index is 1.66. The first kappa shape index (κ1) is 15.9. The summed E-state index contributed by atoms with van der Waals surface area (Å²) in [6, 6.07) is 3.59. The molecule has 23 heavy (non-hydrogen) atoms. The van der Waals surface area contributed by atoms with Crippen LogP contribution in [0.1, 0.15) is 36.0 Å². The Kier molecular flexibility index (Phi) is 4.56. The van der Waals surface area contributed by atoms with Crippen molar-refractivity contribution >= 4 is 11.6 Å². The van der Waals surface area contributed by atoms with Gasteiger partial charge in [0.2, 0.25) is 0 Å². The van der Waals surface area contributed by atoms with Crippen molar-refractivity contribution in [2.45, 2.75) is 31.7 Å². The summed E-state index contributed by atoms with van der Waals surface area (Å²) in [7, 11) is 0. The largest absolute Gasteiger partial charge is 0.339 e. The van der Waals surface area contributed by atoms with Crippen LogP contribution in [-0.2, 0) is 0 Å². The lowest BCUT2D eigenvalue weighted by Crippen LogP contribution is -2.43. The third kappa shape index (κ3) is 3.50. The van der Waals surface area contributed by atoms with Crippen molar-refractivity contribution in [1.29, 1.82) is 0 Å². The highest BCUT2D eigenvalue weighted by Crippen LogP contribution is 2.27. The Hall–Kier alpha value is -2.02. The van der Waals surface area contributed by atoms with Gasteiger partial charge in [0, 0.05) is 30.8 Å². The number of carbonyl (C=O) groups is 1. The molecule has 3 rings (SSSR count). The number of non-ortho nitro benzene ring substituents is 1. The van der Waals surface area contributed by atoms with E-state index in [1.54, 1.807) is 4.90 Å². The van der Waals surface area contributed by atoms with Gasteiger partial charge in [-0.25, -0.2) is 4.39 Å². The minimum absolute atomic E-state index is 0.0501. The van der Waals surface area contributed by atoms with E-state index in [2.05, 4.69) is 5.32 Å². The zero-order valence-corrected chi connectivity index (χ0v) is 12.8. The van der Waals surface area contributed by atoms with Gasteiger partial charge in [-0.2, -0.15) is 0 Å². The Labute approximate surface area is 133 Å². The Morgan fingerprint density at radius 3 is 2.61 bits per heavy atom. The summed E-state index contributed by atoms with van der Waals surface area (Å²) < 4.78 is 13.5. The van der Waals surface area contributed by atoms with E-state index in [-0.39, 0.29) is 11.5 Å². The summed E-state index contributed by atoms with van der Waals surface area (Å²) in [4.78, 5) is 24.3. The molecule has 1 amide bonds. The van der Waals surface area contributed by atoms with Gasteiger partial charge in [0.05, 0.1) is 11.0 Å². The summed E-state index contributed by atoms with van der Waals surface area (Å²) in [5.74, 6) is -0.513. The maximum Gasteiger partial charge on any atom is 0.273 e. The maximum atomic E-state index is 13.5. The standard InChI is InChI=1S/C16H20FN3O3/c17-13-8-12(9-14(10-13)20(22)23)16(21)19-6-3-11(4-7-19)15-2-1-5-18-15/h8-11,15,18H,1-7H2. The number of benzene rings is 1. The first-order valence-electron chi connectivity index (χ1n) is 8.02. The van der Waals surface area contributed by atoms with Crippen LogP contribution in [0.4, 0.5) is 10.1 Å². The zero-order valence-electron chi connectivity index (χ0n) is 12.8. The predicted molar refractivity (Wildman–Crippen MR) is 82.7 cm³/mol. The van der Waals surface area contributed by atoms with Crippen LogP contribution in [0.15, 0.2) is 18.2 Å². The summed E-state index contributed by atoms with van der Waals surface area (Å²) in [5.41, 5.74) is -0.340. The lowest BCUT2D eigenvalue weighted by molar-refractivity contribution is -0.385. The van der Waals surface area contributed by atoms with Gasteiger partial charge in [-0.1, -0.05) is 0 Å². The van der Waals surface area contributed by atoms with Crippen LogP contribution in [0, 0.1) is 21.8 Å². The second kappa shape index (κ2) is 6.62. The number of nitrogens with one attached hydrogen (secondary N) is 1. The molecule has 0 saturated carbocycles. The van der Waals surface area contributed by atoms with Crippen LogP contribution in [-0.4, -0.2) is 41.4 Å². The number of carbonyl (C=O) groups excluding carboxylic acids is 1. The van der Waals surface area contributed by atoms with E-state index in [4.69, 9.17) is 0 Å². The molecule has 2 heterocycles. The van der Waals surface area contributed by atoms with Crippen molar-refractivity contribution in [3.8, 4) is 0 Å². The van der Waals surface area contributed by atoms with E-state index in [1.165, 1.54) is 12.8 Å². The predicted octanol–water partition coefficient (Wildman–Crippen LogP) is 2.34. The number of nitro benzene ring substituents is 1. The van der Waals surface area contributed by atoms with Crippen molar-refractivity contribution in [3.63, 3.8) is 0 Å². The number of hydrogen-bond acceptors (Lipinski definition) is 4. The Morgan fingerprint density at radius 1 is 1.26 bits per heavy atom. The average molecular weight is 321 g/mol. The lowest BCUT2D eigenvalue weighted by Gasteiger charge is -2.35. The van der Waals surface area contributed by atoms with Crippen LogP contribution >= 0.6 is 0 Å². The molecule has 1 N–H and O–H groups in total. The molecule has 1 unspecified atom stereocenters. The van der Waals surface area contributed by atoms with Crippen molar-refractivity contribution in [2.75, 3.05) is 19.6 Å². The number of nitrogens with zero attached hydrogens (tertiary/aromatic N) is 2. The Morgan fingerprint density at radius 2 is 2.00 bits per heavy atom. The number of piperidine rings is 1. The average Bonchev–Trinajstić information content (AvgIpc) is 3.08. The molecule has 1 aromatic carbocycles. The fourth-order valence-electron chi connectivity index (χ4n) is 3.60. The first-order valence-corrected chi connectivity index (χ1v) is 8.02. The smallest absolute Gasteiger partial charge is 0.273 e. The molecule has 0 spiro atoms. The number of nitro groups is 1. The van der Waals surface area contributed by atoms with Gasteiger partial charge in [0.1, 0.15) is 5.82 Å². The van der Waals surface area contributed by atoms with Gasteiger partial charge in [-0.05, 0) is 44.2 Å². The number of hydrogen-bond donors (Lipinski definition) is 1. The van der Waals surface area contributed by atoms with Crippen LogP contribution in [0.25, 0.3) is 0 Å². The van der Waals surface area contributed by atoms with E-state index in [0.717, 1.165) is 37.6 Å². The molecule has 1 atom stereocenters. The molecular formula is C16H20FN3O3. The lowest BCUT2D eigenvalue weighted by atomic mass is 9.88. The summed E-state index contributed by atoms with van der Waals surface area (Å²) in [5, 5.41) is 14.3. The second-order valence-electron chi connectivity index (χ2n) is 6.29. The van der Waals surface area contributed by atoms with E-state index >= 15 is 0 Å². The minimum Gasteiger partial charge on any atom is -0.339 e. The van der Waals surface area contributed by atoms with Crippen LogP contribution in [0.5, 0.6) is 0 Å². The van der Waals surface area contributed by atoms with Gasteiger partial charge in [0.15, 0.2) is 0 Å². The van der Waals surface area contributed by atoms with E-state index in [9.17, 15) is 19.3 Å². The third-order valence-corrected chi connectivity index (χ3v) is 4.83. The van der Waals surface area contributed by atoms with Gasteiger partial charge in [-0.3, -0.25) is 14.9 Å². The number of halogens is 1. The molecule has 0 aliphatic carbocycles. The molecule has 0 aromatic heterocycles. The molecule has 0 radical (unpaired) electrons. The monoisotopic (exact) mass is 321 g/mol. The minimum atomic E-state index is -0.757. The molecule has 1 aromatic rings. The zero-order chi connectivity index (χ0) is 16.4. The van der Waals surface area contributed by atoms with Gasteiger partial charge in [-0.15, -0.1) is 0 Å². The molecule has 7 heteroatoms. The SMILES string of the molecule is O=C(c1cc(F)cc([N+](=O)[O-])c1)N1CCC(C2CCCN2)CC1. The summed E-state index contributed by atoms with van der Waals surface area (Å²) in [6.07, 6.45) is 4.23. The normalized spacial score (nSPS) is 22.3. The summed E-state index contributed by atoms with van der Waals surface area (Å²) in [6.45, 7) is 2.30. The van der Waals surface area contributed by atoms with Crippen molar-refractivity contribution < 1.29 is 14.1 Å². The number of rotatable bonds is 3. The summed E-state index contributed by atoms with van der Waals surface area (Å²) >= 11 is 0. The molecule has 2 fully saturated rings. The topological polar surface area (TPSA) is 75.5 Å². The highest BCUT2D eigenvalue weighted by atomic mass is 19.1. The van der Waals surface area contributed by atoms with Crippen molar-refractivity contribution in [3.05, 3.63) is 39.7 Å². The molecule has 2 saturated heterocycles. The highest BCUT2D eigenvalue weighted by Gasteiger charge is 2.30. The molecule has 2 aliphatic rings. The van der Waals surface area contributed by atoms with Crippen LogP contribution < -0.4 is 5.32 Å². The number of amides is 1. The fraction of sp³-hybridized carbons (Fsp3) is 0.562. The molecule has 124 valence electrons. The molecule has 0 bridgehead atoms. The maximum absolute atomic E-state index is 13.5. The second-order valence-corrected chi connectivity index (χ2v) is 6.29. The van der Waals surface area contributed by atoms with Gasteiger partial charge >= 0.3 is 0 Å². The fourth-order valence-corrected chi connectivity index (χ4v) is 3.60. The van der Waals surface area contributed by atoms with Crippen molar-refractivity contribution in [2.24, 2.45) is 5.92 Å². The Bertz CT molecular complexity index is 609. The van der Waals surface area contributed by atoms with Crippen LogP contribution in [0.3, 0.4) is 0 Å². The molecule has 6 nitrogen and oxygen atoms in total. The van der Waals surface area contributed by atoms with E-state index in [0.29, 0.717) is 25.0 Å². The molecular weight excluding hydrogens is 301 g/mol. The third-order valence-electron chi connectivity index (χ3n) is 4.83. The first-order chi connectivity index (χ1) is 11.0. The highest BCUT2D eigenvalue weighted by molar-refractivity contribution is 5.95. The van der Waals surface area contributed by atoms with Crippen LogP contribution in [0.2, 0.25) is 0 Å². The van der Waals surface area contributed by atoms with Gasteiger partial charge in [0.25, 0.3) is 11.6 Å². The van der Waals surface area contributed by atoms with Gasteiger partial charge < -0.3 is 10.2 Å².